The molecule has 4 aromatic rings. The predicted molar refractivity (Wildman–Crippen MR) is 131 cm³/mol. The van der Waals surface area contributed by atoms with Crippen LogP contribution in [-0.4, -0.2) is 39.6 Å². The Labute approximate surface area is 197 Å². The number of pyridine rings is 2. The van der Waals surface area contributed by atoms with E-state index < -0.39 is 5.91 Å². The van der Waals surface area contributed by atoms with Crippen molar-refractivity contribution in [3.63, 3.8) is 0 Å². The molecular weight excluding hydrogens is 430 g/mol. The van der Waals surface area contributed by atoms with E-state index in [9.17, 15) is 9.59 Å². The summed E-state index contributed by atoms with van der Waals surface area (Å²) in [6.07, 6.45) is 2.33. The molecule has 3 heterocycles. The summed E-state index contributed by atoms with van der Waals surface area (Å²) in [4.78, 5) is 31.2. The van der Waals surface area contributed by atoms with E-state index in [1.54, 1.807) is 16.8 Å². The lowest BCUT2D eigenvalue weighted by atomic mass is 10.1. The van der Waals surface area contributed by atoms with Crippen molar-refractivity contribution < 1.29 is 9.53 Å². The molecule has 4 rings (SSSR count). The number of ether oxygens (including phenoxy) is 1. The van der Waals surface area contributed by atoms with Gasteiger partial charge in [0.25, 0.3) is 11.5 Å². The van der Waals surface area contributed by atoms with Crippen molar-refractivity contribution in [1.82, 2.24) is 19.3 Å². The Bertz CT molecular complexity index is 1470. The van der Waals surface area contributed by atoms with Crippen LogP contribution in [0.5, 0.6) is 0 Å². The van der Waals surface area contributed by atoms with Crippen molar-refractivity contribution >= 4 is 22.6 Å². The van der Waals surface area contributed by atoms with Crippen LogP contribution < -0.4 is 16.4 Å². The molecule has 0 radical (unpaired) electrons. The molecule has 0 aliphatic carbocycles. The van der Waals surface area contributed by atoms with Gasteiger partial charge in [0.2, 0.25) is 0 Å². The summed E-state index contributed by atoms with van der Waals surface area (Å²) in [7, 11) is 0. The summed E-state index contributed by atoms with van der Waals surface area (Å²) in [6.45, 7) is 7.73. The van der Waals surface area contributed by atoms with Crippen molar-refractivity contribution in [2.45, 2.75) is 33.7 Å². The molecule has 1 amide bonds. The summed E-state index contributed by atoms with van der Waals surface area (Å²) >= 11 is 0. The summed E-state index contributed by atoms with van der Waals surface area (Å²) in [5.41, 5.74) is 3.73. The van der Waals surface area contributed by atoms with E-state index in [4.69, 9.17) is 15.1 Å². The fourth-order valence-corrected chi connectivity index (χ4v) is 3.92. The number of hydrogen-bond donors (Lipinski definition) is 2. The topological polar surface area (TPSA) is 101 Å². The van der Waals surface area contributed by atoms with Gasteiger partial charge >= 0.3 is 0 Å². The second-order valence-corrected chi connectivity index (χ2v) is 8.32. The van der Waals surface area contributed by atoms with Gasteiger partial charge in [-0.2, -0.15) is 0 Å². The molecule has 0 spiro atoms. The number of aromatic nitrogens is 3. The molecule has 34 heavy (non-hydrogen) atoms. The van der Waals surface area contributed by atoms with E-state index in [0.29, 0.717) is 49.4 Å². The van der Waals surface area contributed by atoms with Crippen LogP contribution in [0.2, 0.25) is 0 Å². The Kier molecular flexibility index (Phi) is 6.88. The van der Waals surface area contributed by atoms with E-state index in [0.717, 1.165) is 16.7 Å². The highest BCUT2D eigenvalue weighted by Crippen LogP contribution is 2.14. The molecule has 0 saturated heterocycles. The molecule has 0 unspecified atom stereocenters. The third-order valence-corrected chi connectivity index (χ3v) is 5.79. The van der Waals surface area contributed by atoms with Crippen molar-refractivity contribution in [2.24, 2.45) is 0 Å². The van der Waals surface area contributed by atoms with Crippen molar-refractivity contribution in [3.05, 3.63) is 86.8 Å². The van der Waals surface area contributed by atoms with Crippen LogP contribution in [0.1, 0.15) is 40.4 Å². The largest absolute Gasteiger partial charge is 0.382 e. The van der Waals surface area contributed by atoms with Gasteiger partial charge in [-0.3, -0.25) is 19.4 Å². The Morgan fingerprint density at radius 1 is 1.15 bits per heavy atom. The van der Waals surface area contributed by atoms with E-state index in [-0.39, 0.29) is 16.6 Å². The van der Waals surface area contributed by atoms with Crippen molar-refractivity contribution in [1.29, 1.82) is 5.41 Å². The molecule has 0 bridgehead atoms. The Morgan fingerprint density at radius 3 is 2.65 bits per heavy atom. The molecular formula is C26H29N5O3. The van der Waals surface area contributed by atoms with Crippen LogP contribution in [-0.2, 0) is 11.3 Å². The monoisotopic (exact) mass is 459 g/mol. The van der Waals surface area contributed by atoms with Gasteiger partial charge in [-0.15, -0.1) is 0 Å². The number of amides is 1. The zero-order chi connectivity index (χ0) is 24.2. The van der Waals surface area contributed by atoms with Gasteiger partial charge in [0.15, 0.2) is 0 Å². The summed E-state index contributed by atoms with van der Waals surface area (Å²) < 4.78 is 8.45. The molecule has 0 aliphatic heterocycles. The van der Waals surface area contributed by atoms with Crippen LogP contribution in [0, 0.1) is 19.3 Å². The first kappa shape index (κ1) is 23.4. The Morgan fingerprint density at radius 2 is 1.91 bits per heavy atom. The number of hydrogen-bond acceptors (Lipinski definition) is 5. The average molecular weight is 460 g/mol. The maximum atomic E-state index is 13.4. The molecule has 8 heteroatoms. The Hall–Kier alpha value is -3.78. The highest BCUT2D eigenvalue weighted by atomic mass is 16.5. The maximum absolute atomic E-state index is 13.4. The van der Waals surface area contributed by atoms with Crippen LogP contribution in [0.3, 0.4) is 0 Å². The third kappa shape index (κ3) is 4.63. The normalized spacial score (nSPS) is 11.3. The lowest BCUT2D eigenvalue weighted by Gasteiger charge is -2.15. The molecule has 1 aromatic carbocycles. The number of benzene rings is 1. The van der Waals surface area contributed by atoms with Crippen LogP contribution >= 0.6 is 0 Å². The summed E-state index contributed by atoms with van der Waals surface area (Å²) in [5, 5.41) is 12.0. The quantitative estimate of drug-likeness (QED) is 0.312. The predicted octanol–water partition coefficient (Wildman–Crippen LogP) is 2.95. The average Bonchev–Trinajstić information content (AvgIpc) is 2.82. The number of fused-ring (bicyclic) bond motifs is 2. The van der Waals surface area contributed by atoms with Gasteiger partial charge in [-0.1, -0.05) is 35.9 Å². The SMILES string of the molecule is CCOCCCNC(=O)c1cc2c(=O)n3cccc(C)c3nc2n(Cc2ccc(C)cc2)c1=N. The van der Waals surface area contributed by atoms with E-state index in [1.807, 2.05) is 51.1 Å². The second-order valence-electron chi connectivity index (χ2n) is 8.32. The first-order valence-corrected chi connectivity index (χ1v) is 11.4. The minimum atomic E-state index is -0.394. The van der Waals surface area contributed by atoms with E-state index in [2.05, 4.69) is 5.32 Å². The minimum absolute atomic E-state index is 0.0141. The number of nitrogens with one attached hydrogen (secondary N) is 2. The van der Waals surface area contributed by atoms with E-state index in [1.165, 1.54) is 10.5 Å². The highest BCUT2D eigenvalue weighted by molar-refractivity contribution is 5.96. The standard InChI is InChI=1S/C26H29N5O3/c1-4-34-14-6-12-28-25(32)20-15-21-24(29-23-18(3)7-5-13-30(23)26(21)33)31(22(20)27)16-19-10-8-17(2)9-11-19/h5,7-11,13,15,27H,4,6,12,14,16H2,1-3H3,(H,28,32). The maximum Gasteiger partial charge on any atom is 0.267 e. The molecule has 0 fully saturated rings. The number of carbonyl (C=O) groups excluding carboxylic acids is 1. The van der Waals surface area contributed by atoms with Crippen LogP contribution in [0.25, 0.3) is 16.7 Å². The molecule has 0 saturated carbocycles. The highest BCUT2D eigenvalue weighted by Gasteiger charge is 2.18. The third-order valence-electron chi connectivity index (χ3n) is 5.79. The van der Waals surface area contributed by atoms with Crippen molar-refractivity contribution in [2.75, 3.05) is 19.8 Å². The molecule has 8 nitrogen and oxygen atoms in total. The lowest BCUT2D eigenvalue weighted by molar-refractivity contribution is 0.0942. The van der Waals surface area contributed by atoms with Gasteiger partial charge in [-0.25, -0.2) is 4.98 Å². The van der Waals surface area contributed by atoms with Crippen LogP contribution in [0.15, 0.2) is 53.5 Å². The molecule has 0 atom stereocenters. The van der Waals surface area contributed by atoms with Gasteiger partial charge in [-0.05, 0) is 50.5 Å². The number of aryl methyl sites for hydroxylation is 2. The molecule has 0 aliphatic rings. The van der Waals surface area contributed by atoms with Gasteiger partial charge in [0.1, 0.15) is 16.8 Å². The molecule has 3 aromatic heterocycles. The minimum Gasteiger partial charge on any atom is -0.382 e. The lowest BCUT2D eigenvalue weighted by Crippen LogP contribution is -2.35. The van der Waals surface area contributed by atoms with Gasteiger partial charge < -0.3 is 14.6 Å². The van der Waals surface area contributed by atoms with Gasteiger partial charge in [0, 0.05) is 26.0 Å². The van der Waals surface area contributed by atoms with Crippen molar-refractivity contribution in [3.8, 4) is 0 Å². The Balaban J connectivity index is 1.87. The second kappa shape index (κ2) is 10.0. The number of carbonyl (C=O) groups is 1. The summed E-state index contributed by atoms with van der Waals surface area (Å²) in [5.74, 6) is -0.394. The number of nitrogens with zero attached hydrogens (tertiary/aromatic N) is 3. The smallest absolute Gasteiger partial charge is 0.267 e. The number of rotatable bonds is 8. The molecule has 2 N–H and O–H groups in total. The zero-order valence-corrected chi connectivity index (χ0v) is 19.7. The van der Waals surface area contributed by atoms with E-state index >= 15 is 0 Å². The fourth-order valence-electron chi connectivity index (χ4n) is 3.92. The zero-order valence-electron chi connectivity index (χ0n) is 19.7. The first-order valence-electron chi connectivity index (χ1n) is 11.4. The fraction of sp³-hybridized carbons (Fsp3) is 0.308. The summed E-state index contributed by atoms with van der Waals surface area (Å²) in [6, 6.07) is 13.1. The van der Waals surface area contributed by atoms with Crippen LogP contribution in [0.4, 0.5) is 0 Å². The van der Waals surface area contributed by atoms with Gasteiger partial charge in [0.05, 0.1) is 17.5 Å². The molecule has 176 valence electrons. The first-order chi connectivity index (χ1) is 16.4.